The molecule has 0 fully saturated rings. The Morgan fingerprint density at radius 2 is 2.09 bits per heavy atom. The molecule has 8 heteroatoms. The SMILES string of the molecule is CC(C)CSc1cc2c(cc1Cl)C=C(C(=O)[O-])[C@H](C(F)(F)F)O2. The lowest BCUT2D eigenvalue weighted by Gasteiger charge is -2.29. The van der Waals surface area contributed by atoms with E-state index in [1.54, 1.807) is 0 Å². The topological polar surface area (TPSA) is 49.4 Å². The Morgan fingerprint density at radius 3 is 2.61 bits per heavy atom. The van der Waals surface area contributed by atoms with E-state index in [1.165, 1.54) is 23.9 Å². The zero-order valence-corrected chi connectivity index (χ0v) is 13.8. The number of halogens is 4. The number of thioether (sulfide) groups is 1. The highest BCUT2D eigenvalue weighted by Gasteiger charge is 2.46. The van der Waals surface area contributed by atoms with Gasteiger partial charge in [-0.2, -0.15) is 13.2 Å². The van der Waals surface area contributed by atoms with Gasteiger partial charge in [0.2, 0.25) is 6.10 Å². The largest absolute Gasteiger partial charge is 0.545 e. The van der Waals surface area contributed by atoms with Crippen molar-refractivity contribution in [2.24, 2.45) is 5.92 Å². The molecule has 1 heterocycles. The quantitative estimate of drug-likeness (QED) is 0.766. The van der Waals surface area contributed by atoms with Gasteiger partial charge in [0.05, 0.1) is 11.0 Å². The maximum Gasteiger partial charge on any atom is 0.429 e. The summed E-state index contributed by atoms with van der Waals surface area (Å²) in [4.78, 5) is 11.5. The molecule has 1 aromatic rings. The highest BCUT2D eigenvalue weighted by Crippen LogP contribution is 2.41. The number of carboxylic acids is 1. The van der Waals surface area contributed by atoms with Crippen LogP contribution in [0.1, 0.15) is 19.4 Å². The third kappa shape index (κ3) is 4.14. The molecule has 2 rings (SSSR count). The molecule has 1 aromatic carbocycles. The van der Waals surface area contributed by atoms with E-state index in [2.05, 4.69) is 0 Å². The van der Waals surface area contributed by atoms with Gasteiger partial charge in [-0.1, -0.05) is 25.4 Å². The summed E-state index contributed by atoms with van der Waals surface area (Å²) in [6.45, 7) is 4.01. The van der Waals surface area contributed by atoms with E-state index in [0.717, 1.165) is 11.8 Å². The fourth-order valence-corrected chi connectivity index (χ4v) is 3.21. The molecule has 0 bridgehead atoms. The van der Waals surface area contributed by atoms with Crippen molar-refractivity contribution in [3.8, 4) is 5.75 Å². The number of rotatable bonds is 4. The summed E-state index contributed by atoms with van der Waals surface area (Å²) in [5, 5.41) is 11.3. The highest BCUT2D eigenvalue weighted by molar-refractivity contribution is 7.99. The number of carboxylic acid groups (broad SMARTS) is 1. The van der Waals surface area contributed by atoms with E-state index in [1.807, 2.05) is 13.8 Å². The maximum absolute atomic E-state index is 13.0. The molecule has 0 N–H and O–H groups in total. The van der Waals surface area contributed by atoms with Gasteiger partial charge in [-0.15, -0.1) is 11.8 Å². The molecule has 0 amide bonds. The lowest BCUT2D eigenvalue weighted by atomic mass is 10.0. The summed E-state index contributed by atoms with van der Waals surface area (Å²) < 4.78 is 43.9. The van der Waals surface area contributed by atoms with Crippen molar-refractivity contribution in [3.05, 3.63) is 28.3 Å². The number of hydrogen-bond acceptors (Lipinski definition) is 4. The van der Waals surface area contributed by atoms with Gasteiger partial charge in [0.1, 0.15) is 5.75 Å². The van der Waals surface area contributed by atoms with Gasteiger partial charge in [0, 0.05) is 21.8 Å². The van der Waals surface area contributed by atoms with Gasteiger partial charge < -0.3 is 14.6 Å². The van der Waals surface area contributed by atoms with Crippen LogP contribution in [0.15, 0.2) is 22.6 Å². The van der Waals surface area contributed by atoms with Crippen molar-refractivity contribution in [2.75, 3.05) is 5.75 Å². The molecule has 1 atom stereocenters. The van der Waals surface area contributed by atoms with Crippen molar-refractivity contribution in [3.63, 3.8) is 0 Å². The van der Waals surface area contributed by atoms with Crippen molar-refractivity contribution in [1.29, 1.82) is 0 Å². The molecule has 23 heavy (non-hydrogen) atoms. The third-order valence-electron chi connectivity index (χ3n) is 3.01. The molecule has 1 aliphatic heterocycles. The minimum atomic E-state index is -4.85. The molecule has 1 aliphatic rings. The van der Waals surface area contributed by atoms with Gasteiger partial charge in [-0.05, 0) is 24.1 Å². The van der Waals surface area contributed by atoms with E-state index in [4.69, 9.17) is 16.3 Å². The van der Waals surface area contributed by atoms with Gasteiger partial charge in [-0.3, -0.25) is 0 Å². The number of hydrogen-bond donors (Lipinski definition) is 0. The molecule has 0 unspecified atom stereocenters. The molecular formula is C15H13ClF3O3S-. The van der Waals surface area contributed by atoms with Crippen LogP contribution >= 0.6 is 23.4 Å². The molecule has 0 saturated carbocycles. The first-order valence-corrected chi connectivity index (χ1v) is 8.08. The molecule has 3 nitrogen and oxygen atoms in total. The van der Waals surface area contributed by atoms with Crippen LogP contribution in [-0.2, 0) is 4.79 Å². The molecule has 0 spiro atoms. The lowest BCUT2D eigenvalue weighted by Crippen LogP contribution is -2.44. The summed E-state index contributed by atoms with van der Waals surface area (Å²) >= 11 is 7.51. The molecule has 0 radical (unpaired) electrons. The van der Waals surface area contributed by atoms with E-state index < -0.39 is 23.8 Å². The number of carbonyl (C=O) groups is 1. The first kappa shape index (κ1) is 18.0. The van der Waals surface area contributed by atoms with Crippen LogP contribution in [0.4, 0.5) is 13.2 Å². The third-order valence-corrected chi connectivity index (χ3v) is 4.91. The van der Waals surface area contributed by atoms with Crippen LogP contribution in [0, 0.1) is 5.92 Å². The Morgan fingerprint density at radius 1 is 1.43 bits per heavy atom. The zero-order chi connectivity index (χ0) is 17.4. The number of aliphatic carboxylic acids is 1. The first-order chi connectivity index (χ1) is 10.6. The molecule has 0 aromatic heterocycles. The minimum absolute atomic E-state index is 0.0482. The van der Waals surface area contributed by atoms with Crippen molar-refractivity contribution in [1.82, 2.24) is 0 Å². The second kappa shape index (κ2) is 6.65. The second-order valence-electron chi connectivity index (χ2n) is 5.45. The van der Waals surface area contributed by atoms with Crippen molar-refractivity contribution < 1.29 is 27.8 Å². The van der Waals surface area contributed by atoms with Gasteiger partial charge >= 0.3 is 6.18 Å². The summed E-state index contributed by atoms with van der Waals surface area (Å²) in [5.41, 5.74) is -0.785. The molecule has 126 valence electrons. The average Bonchev–Trinajstić information content (AvgIpc) is 2.42. The van der Waals surface area contributed by atoms with Crippen molar-refractivity contribution >= 4 is 35.4 Å². The predicted octanol–water partition coefficient (Wildman–Crippen LogP) is 3.54. The van der Waals surface area contributed by atoms with Gasteiger partial charge in [0.25, 0.3) is 0 Å². The average molecular weight is 366 g/mol. The smallest absolute Gasteiger partial charge is 0.429 e. The van der Waals surface area contributed by atoms with Crippen LogP contribution in [0.3, 0.4) is 0 Å². The number of alkyl halides is 3. The molecular weight excluding hydrogens is 353 g/mol. The normalized spacial score (nSPS) is 17.5. The standard InChI is InChI=1S/C15H14ClF3O3S/c1-7(2)6-23-12-5-11-8(4-10(12)16)3-9(14(20)21)13(22-11)15(17,18)19/h3-5,7,13H,6H2,1-2H3,(H,20,21)/p-1/t13-/m1/s1. The number of carbonyl (C=O) groups excluding carboxylic acids is 1. The van der Waals surface area contributed by atoms with E-state index in [0.29, 0.717) is 15.8 Å². The van der Waals surface area contributed by atoms with Gasteiger partial charge in [0.15, 0.2) is 0 Å². The second-order valence-corrected chi connectivity index (χ2v) is 6.92. The summed E-state index contributed by atoms with van der Waals surface area (Å²) in [6, 6.07) is 2.81. The van der Waals surface area contributed by atoms with Crippen LogP contribution in [0.5, 0.6) is 5.75 Å². The Balaban J connectivity index is 2.43. The number of ether oxygens (including phenoxy) is 1. The summed E-state index contributed by atoms with van der Waals surface area (Å²) in [5.74, 6) is -0.859. The fraction of sp³-hybridized carbons (Fsp3) is 0.400. The van der Waals surface area contributed by atoms with Crippen LogP contribution in [0.25, 0.3) is 6.08 Å². The number of benzene rings is 1. The summed E-state index contributed by atoms with van der Waals surface area (Å²) in [6.07, 6.45) is -6.51. The van der Waals surface area contributed by atoms with Gasteiger partial charge in [-0.25, -0.2) is 0 Å². The first-order valence-electron chi connectivity index (χ1n) is 6.72. The Hall–Kier alpha value is -1.34. The maximum atomic E-state index is 13.0. The summed E-state index contributed by atoms with van der Waals surface area (Å²) in [7, 11) is 0. The highest BCUT2D eigenvalue weighted by atomic mass is 35.5. The predicted molar refractivity (Wildman–Crippen MR) is 80.5 cm³/mol. The van der Waals surface area contributed by atoms with Crippen molar-refractivity contribution in [2.45, 2.75) is 31.0 Å². The van der Waals surface area contributed by atoms with E-state index in [-0.39, 0.29) is 11.3 Å². The zero-order valence-electron chi connectivity index (χ0n) is 12.2. The van der Waals surface area contributed by atoms with Crippen LogP contribution < -0.4 is 9.84 Å². The van der Waals surface area contributed by atoms with Crippen LogP contribution in [0.2, 0.25) is 5.02 Å². The van der Waals surface area contributed by atoms with E-state index >= 15 is 0 Å². The molecule has 0 aliphatic carbocycles. The monoisotopic (exact) mass is 365 g/mol. The minimum Gasteiger partial charge on any atom is -0.545 e. The van der Waals surface area contributed by atoms with Crippen LogP contribution in [-0.4, -0.2) is 24.0 Å². The number of fused-ring (bicyclic) bond motifs is 1. The van der Waals surface area contributed by atoms with E-state index in [9.17, 15) is 23.1 Å². The lowest BCUT2D eigenvalue weighted by molar-refractivity contribution is -0.302. The molecule has 0 saturated heterocycles. The Bertz CT molecular complexity index is 656. The Kier molecular flexibility index (Phi) is 5.20. The Labute approximate surface area is 140 Å². The fourth-order valence-electron chi connectivity index (χ4n) is 1.97.